The highest BCUT2D eigenvalue weighted by molar-refractivity contribution is 5.02. The SMILES string of the molecule is NONC1(N)CC(N)([NH+](N)[O-])C1. The van der Waals surface area contributed by atoms with Gasteiger partial charge in [-0.25, -0.2) is 4.94 Å². The van der Waals surface area contributed by atoms with Crippen LogP contribution in [0, 0.1) is 5.21 Å². The molecule has 0 amide bonds. The average Bonchev–Trinajstić information content (AvgIpc) is 1.84. The molecule has 1 rings (SSSR count). The second-order valence-electron chi connectivity index (χ2n) is 3.25. The average molecular weight is 178 g/mol. The van der Waals surface area contributed by atoms with Crippen molar-refractivity contribution in [3.8, 4) is 0 Å². The van der Waals surface area contributed by atoms with Gasteiger partial charge in [0.05, 0.1) is 12.8 Å². The molecule has 10 N–H and O–H groups in total. The molecule has 0 aromatic rings. The Morgan fingerprint density at radius 2 is 1.92 bits per heavy atom. The summed E-state index contributed by atoms with van der Waals surface area (Å²) in [6.07, 6.45) is 0.430. The van der Waals surface area contributed by atoms with E-state index >= 15 is 0 Å². The standard InChI is InChI=1S/C4H14N6O2/c5-3(9-12-8)1-4(6,2-3)10(7)11/h9-10H,1-2,5-8H2. The van der Waals surface area contributed by atoms with E-state index in [1.165, 1.54) is 0 Å². The Labute approximate surface area is 69.2 Å². The van der Waals surface area contributed by atoms with E-state index in [9.17, 15) is 5.21 Å². The topological polar surface area (TPSA) is 153 Å². The zero-order chi connectivity index (χ0) is 9.41. The number of nitrogens with two attached hydrogens (primary N) is 4. The van der Waals surface area contributed by atoms with Crippen molar-refractivity contribution in [3.05, 3.63) is 5.21 Å². The summed E-state index contributed by atoms with van der Waals surface area (Å²) in [6.45, 7) is 0. The van der Waals surface area contributed by atoms with E-state index in [1.807, 2.05) is 0 Å². The smallest absolute Gasteiger partial charge is 0.172 e. The highest BCUT2D eigenvalue weighted by atomic mass is 16.8. The third kappa shape index (κ3) is 1.55. The Balaban J connectivity index is 2.44. The van der Waals surface area contributed by atoms with Gasteiger partial charge in [-0.1, -0.05) is 0 Å². The van der Waals surface area contributed by atoms with E-state index < -0.39 is 16.5 Å². The van der Waals surface area contributed by atoms with Crippen molar-refractivity contribution in [1.29, 1.82) is 0 Å². The number of rotatable bonds is 3. The van der Waals surface area contributed by atoms with Crippen molar-refractivity contribution in [2.75, 3.05) is 0 Å². The predicted octanol–water partition coefficient (Wildman–Crippen LogP) is -4.26. The van der Waals surface area contributed by atoms with Crippen LogP contribution in [0.5, 0.6) is 0 Å². The minimum Gasteiger partial charge on any atom is -0.612 e. The fourth-order valence-corrected chi connectivity index (χ4v) is 1.44. The van der Waals surface area contributed by atoms with Gasteiger partial charge in [-0.15, -0.1) is 0 Å². The molecule has 0 saturated heterocycles. The van der Waals surface area contributed by atoms with Gasteiger partial charge in [-0.05, 0) is 0 Å². The van der Waals surface area contributed by atoms with Crippen molar-refractivity contribution in [1.82, 2.24) is 5.48 Å². The largest absolute Gasteiger partial charge is 0.612 e. The molecule has 1 fully saturated rings. The molecule has 1 aliphatic rings. The lowest BCUT2D eigenvalue weighted by Gasteiger charge is -2.52. The van der Waals surface area contributed by atoms with E-state index in [1.54, 1.807) is 0 Å². The molecule has 0 bridgehead atoms. The molecule has 1 saturated carbocycles. The Morgan fingerprint density at radius 3 is 2.25 bits per heavy atom. The molecule has 0 spiro atoms. The van der Waals surface area contributed by atoms with E-state index in [0.717, 1.165) is 0 Å². The summed E-state index contributed by atoms with van der Waals surface area (Å²) in [7, 11) is 0. The quantitative estimate of drug-likeness (QED) is 0.145. The van der Waals surface area contributed by atoms with Crippen LogP contribution >= 0.6 is 0 Å². The lowest BCUT2D eigenvalue weighted by molar-refractivity contribution is -0.927. The first-order chi connectivity index (χ1) is 5.42. The van der Waals surface area contributed by atoms with Crippen LogP contribution in [-0.2, 0) is 4.94 Å². The minimum absolute atomic E-state index is 0.215. The molecule has 8 heteroatoms. The van der Waals surface area contributed by atoms with Crippen LogP contribution in [0.25, 0.3) is 0 Å². The van der Waals surface area contributed by atoms with Crippen LogP contribution in [0.2, 0.25) is 0 Å². The molecule has 0 aromatic heterocycles. The molecule has 0 radical (unpaired) electrons. The van der Waals surface area contributed by atoms with Crippen molar-refractivity contribution in [2.24, 2.45) is 23.2 Å². The molecule has 8 nitrogen and oxygen atoms in total. The number of nitrogens with one attached hydrogen (secondary N) is 2. The molecule has 72 valence electrons. The van der Waals surface area contributed by atoms with Crippen molar-refractivity contribution >= 4 is 0 Å². The van der Waals surface area contributed by atoms with Crippen LogP contribution in [0.15, 0.2) is 0 Å². The van der Waals surface area contributed by atoms with E-state index in [-0.39, 0.29) is 12.8 Å². The summed E-state index contributed by atoms with van der Waals surface area (Å²) in [5.41, 5.74) is 11.7. The Kier molecular flexibility index (Phi) is 2.33. The van der Waals surface area contributed by atoms with Gasteiger partial charge in [0.15, 0.2) is 5.66 Å². The molecule has 12 heavy (non-hydrogen) atoms. The second kappa shape index (κ2) is 2.87. The summed E-state index contributed by atoms with van der Waals surface area (Å²) in [6, 6.07) is 0. The zero-order valence-electron chi connectivity index (χ0n) is 6.54. The Morgan fingerprint density at radius 1 is 1.42 bits per heavy atom. The lowest BCUT2D eigenvalue weighted by Crippen LogP contribution is -3.26. The fourth-order valence-electron chi connectivity index (χ4n) is 1.44. The van der Waals surface area contributed by atoms with Gasteiger partial charge in [0, 0.05) is 0 Å². The van der Waals surface area contributed by atoms with E-state index in [0.29, 0.717) is 0 Å². The van der Waals surface area contributed by atoms with Gasteiger partial charge in [0.1, 0.15) is 5.66 Å². The third-order valence-electron chi connectivity index (χ3n) is 2.01. The van der Waals surface area contributed by atoms with Gasteiger partial charge in [-0.3, -0.25) is 10.9 Å². The third-order valence-corrected chi connectivity index (χ3v) is 2.01. The first-order valence-corrected chi connectivity index (χ1v) is 3.42. The monoisotopic (exact) mass is 178 g/mol. The van der Waals surface area contributed by atoms with Gasteiger partial charge in [-0.2, -0.15) is 17.2 Å². The van der Waals surface area contributed by atoms with E-state index in [2.05, 4.69) is 10.4 Å². The van der Waals surface area contributed by atoms with Gasteiger partial charge >= 0.3 is 0 Å². The molecular formula is C4H14N6O2. The molecular weight excluding hydrogens is 164 g/mol. The molecule has 0 aromatic carbocycles. The summed E-state index contributed by atoms with van der Waals surface area (Å²) >= 11 is 0. The van der Waals surface area contributed by atoms with Crippen LogP contribution in [0.1, 0.15) is 12.8 Å². The summed E-state index contributed by atoms with van der Waals surface area (Å²) in [5, 5.41) is 10.2. The van der Waals surface area contributed by atoms with Crippen LogP contribution in [-0.4, -0.2) is 11.3 Å². The van der Waals surface area contributed by atoms with Gasteiger partial charge in [0.2, 0.25) is 0 Å². The maximum atomic E-state index is 10.7. The minimum atomic E-state index is -1.03. The zero-order valence-corrected chi connectivity index (χ0v) is 6.54. The normalized spacial score (nSPS) is 43.8. The first kappa shape index (κ1) is 9.77. The predicted molar refractivity (Wildman–Crippen MR) is 40.0 cm³/mol. The Bertz CT molecular complexity index is 167. The van der Waals surface area contributed by atoms with Crippen LogP contribution in [0.4, 0.5) is 0 Å². The van der Waals surface area contributed by atoms with Crippen molar-refractivity contribution in [3.63, 3.8) is 0 Å². The lowest BCUT2D eigenvalue weighted by atomic mass is 9.75. The van der Waals surface area contributed by atoms with E-state index in [4.69, 9.17) is 23.2 Å². The fraction of sp³-hybridized carbons (Fsp3) is 1.00. The molecule has 0 heterocycles. The molecule has 1 atom stereocenters. The maximum Gasteiger partial charge on any atom is 0.172 e. The van der Waals surface area contributed by atoms with Gasteiger partial charge < -0.3 is 10.9 Å². The second-order valence-corrected chi connectivity index (χ2v) is 3.25. The summed E-state index contributed by atoms with van der Waals surface area (Å²) in [4.78, 5) is 4.14. The Hall–Kier alpha value is -0.320. The maximum absolute atomic E-state index is 10.7. The van der Waals surface area contributed by atoms with Crippen molar-refractivity contribution < 1.29 is 10.1 Å². The molecule has 0 aliphatic heterocycles. The number of hydrogen-bond acceptors (Lipinski definition) is 7. The highest BCUT2D eigenvalue weighted by Crippen LogP contribution is 2.30. The number of hydroxylamine groups is 2. The molecule has 1 unspecified atom stereocenters. The van der Waals surface area contributed by atoms with Crippen LogP contribution < -0.4 is 33.9 Å². The summed E-state index contributed by atoms with van der Waals surface area (Å²) in [5.74, 6) is 9.77. The van der Waals surface area contributed by atoms with Crippen LogP contribution in [0.3, 0.4) is 0 Å². The highest BCUT2D eigenvalue weighted by Gasteiger charge is 2.55. The molecule has 1 aliphatic carbocycles. The van der Waals surface area contributed by atoms with Gasteiger partial charge in [0.25, 0.3) is 0 Å². The summed E-state index contributed by atoms with van der Waals surface area (Å²) < 4.78 is 0. The van der Waals surface area contributed by atoms with Crippen molar-refractivity contribution in [2.45, 2.75) is 24.2 Å². The first-order valence-electron chi connectivity index (χ1n) is 3.42. The number of quaternary nitrogens is 1. The number of hydrogen-bond donors (Lipinski definition) is 6.